The monoisotopic (exact) mass is 281 g/mol. The number of carbonyl (C=O) groups is 3. The first-order chi connectivity index (χ1) is 9.09. The third kappa shape index (κ3) is 3.11. The summed E-state index contributed by atoms with van der Waals surface area (Å²) in [6.07, 6.45) is 0. The van der Waals surface area contributed by atoms with Gasteiger partial charge in [-0.25, -0.2) is 0 Å². The SMILES string of the molecule is CC1C(=O)NCCN1C(=O)CNC(=O)c1cccs1. The van der Waals surface area contributed by atoms with Crippen LogP contribution in [0.4, 0.5) is 0 Å². The highest BCUT2D eigenvalue weighted by Crippen LogP contribution is 2.08. The fourth-order valence-corrected chi connectivity index (χ4v) is 2.52. The van der Waals surface area contributed by atoms with Crippen LogP contribution in [0.25, 0.3) is 0 Å². The largest absolute Gasteiger partial charge is 0.353 e. The van der Waals surface area contributed by atoms with Gasteiger partial charge in [0.15, 0.2) is 0 Å². The van der Waals surface area contributed by atoms with E-state index in [1.807, 2.05) is 0 Å². The predicted molar refractivity (Wildman–Crippen MR) is 70.8 cm³/mol. The molecule has 1 unspecified atom stereocenters. The number of piperazine rings is 1. The fraction of sp³-hybridized carbons (Fsp3) is 0.417. The summed E-state index contributed by atoms with van der Waals surface area (Å²) in [5, 5.41) is 7.05. The zero-order valence-electron chi connectivity index (χ0n) is 10.5. The molecule has 0 aliphatic carbocycles. The van der Waals surface area contributed by atoms with Crippen LogP contribution in [-0.4, -0.2) is 48.3 Å². The number of amides is 3. The number of carbonyl (C=O) groups excluding carboxylic acids is 3. The summed E-state index contributed by atoms with van der Waals surface area (Å²) in [5.74, 6) is -0.672. The Morgan fingerprint density at radius 3 is 3.05 bits per heavy atom. The van der Waals surface area contributed by atoms with Gasteiger partial charge in [-0.2, -0.15) is 0 Å². The van der Waals surface area contributed by atoms with E-state index in [9.17, 15) is 14.4 Å². The molecule has 1 aromatic rings. The van der Waals surface area contributed by atoms with Crippen molar-refractivity contribution in [1.29, 1.82) is 0 Å². The van der Waals surface area contributed by atoms with Crippen LogP contribution < -0.4 is 10.6 Å². The van der Waals surface area contributed by atoms with Crippen LogP contribution in [0, 0.1) is 0 Å². The van der Waals surface area contributed by atoms with E-state index in [1.54, 1.807) is 24.4 Å². The molecule has 1 aliphatic heterocycles. The Morgan fingerprint density at radius 1 is 1.58 bits per heavy atom. The second-order valence-electron chi connectivity index (χ2n) is 4.21. The van der Waals surface area contributed by atoms with Crippen molar-refractivity contribution in [2.24, 2.45) is 0 Å². The minimum Gasteiger partial charge on any atom is -0.353 e. The molecule has 0 aromatic carbocycles. The molecule has 7 heteroatoms. The van der Waals surface area contributed by atoms with Crippen LogP contribution >= 0.6 is 11.3 Å². The van der Waals surface area contributed by atoms with E-state index < -0.39 is 6.04 Å². The second kappa shape index (κ2) is 5.83. The highest BCUT2D eigenvalue weighted by molar-refractivity contribution is 7.12. The predicted octanol–water partition coefficient (Wildman–Crippen LogP) is -0.175. The van der Waals surface area contributed by atoms with Gasteiger partial charge in [-0.05, 0) is 18.4 Å². The molecule has 1 aliphatic rings. The molecule has 1 fully saturated rings. The number of thiophene rings is 1. The topological polar surface area (TPSA) is 78.5 Å². The molecule has 102 valence electrons. The molecule has 2 heterocycles. The Kier molecular flexibility index (Phi) is 4.16. The lowest BCUT2D eigenvalue weighted by Gasteiger charge is -2.32. The van der Waals surface area contributed by atoms with Gasteiger partial charge in [-0.1, -0.05) is 6.07 Å². The molecule has 6 nitrogen and oxygen atoms in total. The lowest BCUT2D eigenvalue weighted by Crippen LogP contribution is -2.57. The van der Waals surface area contributed by atoms with E-state index in [0.29, 0.717) is 18.0 Å². The highest BCUT2D eigenvalue weighted by atomic mass is 32.1. The molecule has 0 saturated carbocycles. The van der Waals surface area contributed by atoms with Crippen molar-refractivity contribution in [2.75, 3.05) is 19.6 Å². The van der Waals surface area contributed by atoms with Crippen molar-refractivity contribution in [2.45, 2.75) is 13.0 Å². The van der Waals surface area contributed by atoms with Crippen molar-refractivity contribution >= 4 is 29.1 Å². The van der Waals surface area contributed by atoms with Crippen LogP contribution in [0.1, 0.15) is 16.6 Å². The number of hydrogen-bond donors (Lipinski definition) is 2. The minimum absolute atomic E-state index is 0.0889. The molecule has 1 aromatic heterocycles. The molecule has 1 saturated heterocycles. The molecule has 3 amide bonds. The molecule has 0 bridgehead atoms. The minimum atomic E-state index is -0.486. The Hall–Kier alpha value is -1.89. The molecular weight excluding hydrogens is 266 g/mol. The number of hydrogen-bond acceptors (Lipinski definition) is 4. The fourth-order valence-electron chi connectivity index (χ4n) is 1.88. The lowest BCUT2D eigenvalue weighted by molar-refractivity contribution is -0.141. The summed E-state index contributed by atoms with van der Waals surface area (Å²) < 4.78 is 0. The maximum absolute atomic E-state index is 12.0. The first-order valence-corrected chi connectivity index (χ1v) is 6.86. The van der Waals surface area contributed by atoms with Gasteiger partial charge in [0.1, 0.15) is 6.04 Å². The first kappa shape index (κ1) is 13.5. The number of nitrogens with one attached hydrogen (secondary N) is 2. The van der Waals surface area contributed by atoms with Crippen molar-refractivity contribution in [3.63, 3.8) is 0 Å². The maximum atomic E-state index is 12.0. The van der Waals surface area contributed by atoms with Crippen LogP contribution in [0.3, 0.4) is 0 Å². The van der Waals surface area contributed by atoms with Gasteiger partial charge in [-0.15, -0.1) is 11.3 Å². The van der Waals surface area contributed by atoms with E-state index in [2.05, 4.69) is 10.6 Å². The average molecular weight is 281 g/mol. The van der Waals surface area contributed by atoms with Gasteiger partial charge in [0.2, 0.25) is 11.8 Å². The first-order valence-electron chi connectivity index (χ1n) is 5.98. The Balaban J connectivity index is 1.87. The highest BCUT2D eigenvalue weighted by Gasteiger charge is 2.29. The zero-order chi connectivity index (χ0) is 13.8. The summed E-state index contributed by atoms with van der Waals surface area (Å²) in [4.78, 5) is 37.1. The standard InChI is InChI=1S/C12H15N3O3S/c1-8-11(17)13-4-5-15(8)10(16)7-14-12(18)9-3-2-6-19-9/h2-3,6,8H,4-5,7H2,1H3,(H,13,17)(H,14,18). The quantitative estimate of drug-likeness (QED) is 0.807. The molecule has 2 rings (SSSR count). The molecule has 0 radical (unpaired) electrons. The Morgan fingerprint density at radius 2 is 2.37 bits per heavy atom. The Labute approximate surface area is 114 Å². The molecular formula is C12H15N3O3S. The van der Waals surface area contributed by atoms with Crippen molar-refractivity contribution < 1.29 is 14.4 Å². The Bertz CT molecular complexity index is 486. The third-order valence-corrected chi connectivity index (χ3v) is 3.83. The van der Waals surface area contributed by atoms with Crippen molar-refractivity contribution in [3.8, 4) is 0 Å². The summed E-state index contributed by atoms with van der Waals surface area (Å²) in [6, 6.07) is 2.99. The van der Waals surface area contributed by atoms with E-state index in [-0.39, 0.29) is 24.3 Å². The normalized spacial score (nSPS) is 18.9. The smallest absolute Gasteiger partial charge is 0.261 e. The molecule has 1 atom stereocenters. The van der Waals surface area contributed by atoms with Gasteiger partial charge in [-0.3, -0.25) is 14.4 Å². The molecule has 2 N–H and O–H groups in total. The van der Waals surface area contributed by atoms with E-state index >= 15 is 0 Å². The van der Waals surface area contributed by atoms with Gasteiger partial charge in [0.25, 0.3) is 5.91 Å². The van der Waals surface area contributed by atoms with Crippen LogP contribution in [0.15, 0.2) is 17.5 Å². The van der Waals surface area contributed by atoms with Crippen LogP contribution in [0.5, 0.6) is 0 Å². The van der Waals surface area contributed by atoms with E-state index in [4.69, 9.17) is 0 Å². The summed E-state index contributed by atoms with van der Waals surface area (Å²) in [5.41, 5.74) is 0. The number of nitrogens with zero attached hydrogens (tertiary/aromatic N) is 1. The lowest BCUT2D eigenvalue weighted by atomic mass is 10.2. The van der Waals surface area contributed by atoms with E-state index in [0.717, 1.165) is 0 Å². The van der Waals surface area contributed by atoms with Gasteiger partial charge >= 0.3 is 0 Å². The summed E-state index contributed by atoms with van der Waals surface area (Å²) >= 11 is 1.32. The van der Waals surface area contributed by atoms with Gasteiger partial charge in [0.05, 0.1) is 11.4 Å². The van der Waals surface area contributed by atoms with E-state index in [1.165, 1.54) is 16.2 Å². The van der Waals surface area contributed by atoms with Crippen LogP contribution in [0.2, 0.25) is 0 Å². The third-order valence-electron chi connectivity index (χ3n) is 2.96. The molecule has 0 spiro atoms. The molecule has 19 heavy (non-hydrogen) atoms. The van der Waals surface area contributed by atoms with Crippen molar-refractivity contribution in [1.82, 2.24) is 15.5 Å². The zero-order valence-corrected chi connectivity index (χ0v) is 11.3. The number of rotatable bonds is 3. The van der Waals surface area contributed by atoms with Gasteiger partial charge < -0.3 is 15.5 Å². The summed E-state index contributed by atoms with van der Waals surface area (Å²) in [6.45, 7) is 2.51. The second-order valence-corrected chi connectivity index (χ2v) is 5.16. The van der Waals surface area contributed by atoms with Gasteiger partial charge in [0, 0.05) is 13.1 Å². The average Bonchev–Trinajstić information content (AvgIpc) is 2.93. The summed E-state index contributed by atoms with van der Waals surface area (Å²) in [7, 11) is 0. The van der Waals surface area contributed by atoms with Crippen molar-refractivity contribution in [3.05, 3.63) is 22.4 Å². The van der Waals surface area contributed by atoms with Crippen LogP contribution in [-0.2, 0) is 9.59 Å². The maximum Gasteiger partial charge on any atom is 0.261 e.